The quantitative estimate of drug-likeness (QED) is 0.831. The summed E-state index contributed by atoms with van der Waals surface area (Å²) >= 11 is 0. The minimum atomic E-state index is -0.130. The molecule has 2 amide bonds. The van der Waals surface area contributed by atoms with Gasteiger partial charge in [-0.05, 0) is 24.1 Å². The molecule has 2 aliphatic rings. The molecule has 2 saturated heterocycles. The van der Waals surface area contributed by atoms with E-state index in [0.29, 0.717) is 31.6 Å². The maximum atomic E-state index is 13.0. The Bertz CT molecular complexity index is 796. The van der Waals surface area contributed by atoms with Crippen LogP contribution in [-0.4, -0.2) is 70.3 Å². The predicted molar refractivity (Wildman–Crippen MR) is 102 cm³/mol. The van der Waals surface area contributed by atoms with E-state index in [1.54, 1.807) is 24.5 Å². The summed E-state index contributed by atoms with van der Waals surface area (Å²) in [5.41, 5.74) is 1.76. The van der Waals surface area contributed by atoms with E-state index in [-0.39, 0.29) is 17.9 Å². The molecule has 3 heterocycles. The molecule has 0 saturated carbocycles. The van der Waals surface area contributed by atoms with E-state index in [4.69, 9.17) is 0 Å². The zero-order valence-corrected chi connectivity index (χ0v) is 15.3. The van der Waals surface area contributed by atoms with Crippen LogP contribution < -0.4 is 0 Å². The topological polar surface area (TPSA) is 56.8 Å². The standard InChI is InChI=1S/C21H24N4O2/c26-20(18-7-4-9-22-15-18)24-10-8-19-21(27)25(14-12-23(19)11-13-24)16-17-5-2-1-3-6-17/h1-7,9,15,19H,8,10-14,16H2. The number of hydrogen-bond acceptors (Lipinski definition) is 4. The van der Waals surface area contributed by atoms with Gasteiger partial charge in [0.2, 0.25) is 5.91 Å². The first kappa shape index (κ1) is 17.7. The van der Waals surface area contributed by atoms with Crippen molar-refractivity contribution in [2.45, 2.75) is 19.0 Å². The summed E-state index contributed by atoms with van der Waals surface area (Å²) in [6, 6.07) is 13.5. The fourth-order valence-electron chi connectivity index (χ4n) is 3.93. The molecule has 1 aromatic carbocycles. The van der Waals surface area contributed by atoms with Crippen LogP contribution in [0.2, 0.25) is 0 Å². The Hall–Kier alpha value is -2.73. The molecular formula is C21H24N4O2. The first-order valence-electron chi connectivity index (χ1n) is 9.48. The third-order valence-electron chi connectivity index (χ3n) is 5.44. The molecule has 2 fully saturated rings. The van der Waals surface area contributed by atoms with Crippen LogP contribution in [0.15, 0.2) is 54.9 Å². The lowest BCUT2D eigenvalue weighted by molar-refractivity contribution is -0.142. The molecule has 6 heteroatoms. The van der Waals surface area contributed by atoms with Crippen LogP contribution in [-0.2, 0) is 11.3 Å². The molecule has 6 nitrogen and oxygen atoms in total. The first-order chi connectivity index (χ1) is 13.2. The second-order valence-electron chi connectivity index (χ2n) is 7.12. The number of carbonyl (C=O) groups excluding carboxylic acids is 2. The van der Waals surface area contributed by atoms with Crippen molar-refractivity contribution in [1.29, 1.82) is 0 Å². The minimum absolute atomic E-state index is 0.00321. The molecule has 140 valence electrons. The molecule has 0 radical (unpaired) electrons. The fourth-order valence-corrected chi connectivity index (χ4v) is 3.93. The Morgan fingerprint density at radius 1 is 1.00 bits per heavy atom. The van der Waals surface area contributed by atoms with Crippen molar-refractivity contribution in [2.75, 3.05) is 32.7 Å². The van der Waals surface area contributed by atoms with Gasteiger partial charge in [0.05, 0.1) is 11.6 Å². The number of benzene rings is 1. The second kappa shape index (κ2) is 7.88. The van der Waals surface area contributed by atoms with Gasteiger partial charge in [-0.2, -0.15) is 0 Å². The minimum Gasteiger partial charge on any atom is -0.337 e. The number of fused-ring (bicyclic) bond motifs is 1. The molecule has 1 aromatic heterocycles. The van der Waals surface area contributed by atoms with Crippen LogP contribution in [0.5, 0.6) is 0 Å². The van der Waals surface area contributed by atoms with Crippen molar-refractivity contribution in [3.8, 4) is 0 Å². The van der Waals surface area contributed by atoms with Crippen molar-refractivity contribution in [3.05, 3.63) is 66.0 Å². The largest absolute Gasteiger partial charge is 0.337 e. The van der Waals surface area contributed by atoms with Crippen molar-refractivity contribution >= 4 is 11.8 Å². The maximum Gasteiger partial charge on any atom is 0.255 e. The van der Waals surface area contributed by atoms with Crippen LogP contribution in [0.4, 0.5) is 0 Å². The number of piperazine rings is 1. The first-order valence-corrected chi connectivity index (χ1v) is 9.48. The molecule has 0 spiro atoms. The van der Waals surface area contributed by atoms with Gasteiger partial charge in [-0.15, -0.1) is 0 Å². The molecule has 0 N–H and O–H groups in total. The lowest BCUT2D eigenvalue weighted by Crippen LogP contribution is -2.56. The van der Waals surface area contributed by atoms with Crippen molar-refractivity contribution < 1.29 is 9.59 Å². The van der Waals surface area contributed by atoms with E-state index in [0.717, 1.165) is 25.2 Å². The molecule has 1 unspecified atom stereocenters. The lowest BCUT2D eigenvalue weighted by atomic mass is 10.1. The van der Waals surface area contributed by atoms with E-state index in [1.165, 1.54) is 0 Å². The predicted octanol–water partition coefficient (Wildman–Crippen LogP) is 1.64. The van der Waals surface area contributed by atoms with Gasteiger partial charge in [-0.1, -0.05) is 30.3 Å². The van der Waals surface area contributed by atoms with Crippen LogP contribution >= 0.6 is 0 Å². The number of nitrogens with zero attached hydrogens (tertiary/aromatic N) is 4. The molecule has 0 aliphatic carbocycles. The SMILES string of the molecule is O=C(c1cccnc1)N1CCC2C(=O)N(Cc3ccccc3)CCN2CC1. The molecule has 27 heavy (non-hydrogen) atoms. The highest BCUT2D eigenvalue weighted by Gasteiger charge is 2.37. The molecule has 2 aliphatic heterocycles. The second-order valence-corrected chi connectivity index (χ2v) is 7.12. The lowest BCUT2D eigenvalue weighted by Gasteiger charge is -2.39. The van der Waals surface area contributed by atoms with E-state index < -0.39 is 0 Å². The summed E-state index contributed by atoms with van der Waals surface area (Å²) in [6.45, 7) is 4.23. The van der Waals surface area contributed by atoms with E-state index in [9.17, 15) is 9.59 Å². The highest BCUT2D eigenvalue weighted by Crippen LogP contribution is 2.20. The van der Waals surface area contributed by atoms with Crippen LogP contribution in [0.25, 0.3) is 0 Å². The zero-order chi connectivity index (χ0) is 18.6. The van der Waals surface area contributed by atoms with Gasteiger partial charge in [0.15, 0.2) is 0 Å². The van der Waals surface area contributed by atoms with Crippen LogP contribution in [0, 0.1) is 0 Å². The third kappa shape index (κ3) is 3.85. The van der Waals surface area contributed by atoms with E-state index >= 15 is 0 Å². The molecular weight excluding hydrogens is 340 g/mol. The number of amides is 2. The molecule has 0 bridgehead atoms. The summed E-state index contributed by atoms with van der Waals surface area (Å²) in [4.78, 5) is 35.8. The summed E-state index contributed by atoms with van der Waals surface area (Å²) in [5, 5.41) is 0. The Morgan fingerprint density at radius 3 is 2.59 bits per heavy atom. The van der Waals surface area contributed by atoms with Gasteiger partial charge < -0.3 is 9.80 Å². The van der Waals surface area contributed by atoms with Crippen molar-refractivity contribution in [1.82, 2.24) is 19.7 Å². The van der Waals surface area contributed by atoms with Crippen LogP contribution in [0.3, 0.4) is 0 Å². The average Bonchev–Trinajstić information content (AvgIpc) is 2.94. The number of hydrogen-bond donors (Lipinski definition) is 0. The Balaban J connectivity index is 1.42. The van der Waals surface area contributed by atoms with Crippen LogP contribution in [0.1, 0.15) is 22.3 Å². The summed E-state index contributed by atoms with van der Waals surface area (Å²) < 4.78 is 0. The average molecular weight is 364 g/mol. The van der Waals surface area contributed by atoms with Crippen molar-refractivity contribution in [3.63, 3.8) is 0 Å². The Kier molecular flexibility index (Phi) is 5.16. The summed E-state index contributed by atoms with van der Waals surface area (Å²) in [7, 11) is 0. The molecule has 1 atom stereocenters. The Labute approximate surface area is 159 Å². The Morgan fingerprint density at radius 2 is 1.81 bits per heavy atom. The van der Waals surface area contributed by atoms with Crippen molar-refractivity contribution in [2.24, 2.45) is 0 Å². The normalized spacial score (nSPS) is 20.9. The van der Waals surface area contributed by atoms with Gasteiger partial charge in [-0.25, -0.2) is 0 Å². The zero-order valence-electron chi connectivity index (χ0n) is 15.3. The number of aromatic nitrogens is 1. The van der Waals surface area contributed by atoms with Gasteiger partial charge in [0, 0.05) is 51.7 Å². The van der Waals surface area contributed by atoms with Gasteiger partial charge in [0.25, 0.3) is 5.91 Å². The number of pyridine rings is 1. The summed E-state index contributed by atoms with van der Waals surface area (Å²) in [5.74, 6) is 0.178. The highest BCUT2D eigenvalue weighted by atomic mass is 16.2. The fraction of sp³-hybridized carbons (Fsp3) is 0.381. The maximum absolute atomic E-state index is 13.0. The number of rotatable bonds is 3. The highest BCUT2D eigenvalue weighted by molar-refractivity contribution is 5.94. The molecule has 4 rings (SSSR count). The van der Waals surface area contributed by atoms with E-state index in [1.807, 2.05) is 28.0 Å². The van der Waals surface area contributed by atoms with Gasteiger partial charge >= 0.3 is 0 Å². The smallest absolute Gasteiger partial charge is 0.255 e. The summed E-state index contributed by atoms with van der Waals surface area (Å²) in [6.07, 6.45) is 3.95. The van der Waals surface area contributed by atoms with Gasteiger partial charge in [-0.3, -0.25) is 19.5 Å². The number of carbonyl (C=O) groups is 2. The van der Waals surface area contributed by atoms with Gasteiger partial charge in [0.1, 0.15) is 0 Å². The van der Waals surface area contributed by atoms with E-state index in [2.05, 4.69) is 22.0 Å². The molecule has 2 aromatic rings. The monoisotopic (exact) mass is 364 g/mol. The third-order valence-corrected chi connectivity index (χ3v) is 5.44.